The summed E-state index contributed by atoms with van der Waals surface area (Å²) < 4.78 is 7.76. The SMILES string of the molecule is CCNCC(Oc1cc(C)nn1C)C(C)C. The highest BCUT2D eigenvalue weighted by atomic mass is 16.5. The maximum atomic E-state index is 5.97. The second-order valence-corrected chi connectivity index (χ2v) is 4.46. The first-order chi connectivity index (χ1) is 7.54. The summed E-state index contributed by atoms with van der Waals surface area (Å²) in [7, 11) is 1.91. The van der Waals surface area contributed by atoms with Crippen molar-refractivity contribution in [2.45, 2.75) is 33.8 Å². The number of aryl methyl sites for hydroxylation is 2. The molecule has 0 aromatic carbocycles. The summed E-state index contributed by atoms with van der Waals surface area (Å²) in [5.74, 6) is 1.32. The molecule has 0 saturated carbocycles. The predicted octanol–water partition coefficient (Wildman–Crippen LogP) is 1.74. The molecular weight excluding hydrogens is 202 g/mol. The van der Waals surface area contributed by atoms with E-state index >= 15 is 0 Å². The predicted molar refractivity (Wildman–Crippen MR) is 65.7 cm³/mol. The summed E-state index contributed by atoms with van der Waals surface area (Å²) in [6, 6.07) is 1.97. The molecule has 1 unspecified atom stereocenters. The van der Waals surface area contributed by atoms with Crippen molar-refractivity contribution in [2.75, 3.05) is 13.1 Å². The van der Waals surface area contributed by atoms with Crippen LogP contribution in [0.25, 0.3) is 0 Å². The summed E-state index contributed by atoms with van der Waals surface area (Å²) in [5.41, 5.74) is 0.989. The van der Waals surface area contributed by atoms with E-state index in [9.17, 15) is 0 Å². The Balaban J connectivity index is 2.64. The first-order valence-electron chi connectivity index (χ1n) is 5.92. The van der Waals surface area contributed by atoms with Gasteiger partial charge in [0.05, 0.1) is 5.69 Å². The van der Waals surface area contributed by atoms with Crippen molar-refractivity contribution in [2.24, 2.45) is 13.0 Å². The largest absolute Gasteiger partial charge is 0.473 e. The van der Waals surface area contributed by atoms with Crippen LogP contribution in [-0.2, 0) is 7.05 Å². The van der Waals surface area contributed by atoms with Crippen molar-refractivity contribution in [3.63, 3.8) is 0 Å². The third kappa shape index (κ3) is 3.52. The summed E-state index contributed by atoms with van der Waals surface area (Å²) >= 11 is 0. The quantitative estimate of drug-likeness (QED) is 0.801. The van der Waals surface area contributed by atoms with E-state index in [4.69, 9.17) is 4.74 Å². The van der Waals surface area contributed by atoms with E-state index in [1.54, 1.807) is 4.68 Å². The minimum Gasteiger partial charge on any atom is -0.473 e. The molecule has 0 spiro atoms. The summed E-state index contributed by atoms with van der Waals surface area (Å²) in [4.78, 5) is 0. The molecule has 16 heavy (non-hydrogen) atoms. The van der Waals surface area contributed by atoms with Crippen LogP contribution in [0.15, 0.2) is 6.07 Å². The van der Waals surface area contributed by atoms with Crippen molar-refractivity contribution in [1.29, 1.82) is 0 Å². The van der Waals surface area contributed by atoms with Crippen LogP contribution >= 0.6 is 0 Å². The zero-order valence-corrected chi connectivity index (χ0v) is 10.9. The lowest BCUT2D eigenvalue weighted by Crippen LogP contribution is -2.35. The lowest BCUT2D eigenvalue weighted by atomic mass is 10.1. The van der Waals surface area contributed by atoms with Gasteiger partial charge in [-0.15, -0.1) is 0 Å². The molecule has 1 rings (SSSR count). The number of aromatic nitrogens is 2. The van der Waals surface area contributed by atoms with E-state index in [2.05, 4.69) is 31.2 Å². The fourth-order valence-corrected chi connectivity index (χ4v) is 1.55. The molecule has 0 radical (unpaired) electrons. The van der Waals surface area contributed by atoms with Gasteiger partial charge in [-0.3, -0.25) is 0 Å². The zero-order chi connectivity index (χ0) is 12.1. The standard InChI is InChI=1S/C12H23N3O/c1-6-13-8-11(9(2)3)16-12-7-10(4)14-15(12)5/h7,9,11,13H,6,8H2,1-5H3. The Hall–Kier alpha value is -1.03. The van der Waals surface area contributed by atoms with Crippen molar-refractivity contribution in [1.82, 2.24) is 15.1 Å². The van der Waals surface area contributed by atoms with E-state index < -0.39 is 0 Å². The molecule has 0 aliphatic heterocycles. The van der Waals surface area contributed by atoms with Crippen LogP contribution in [0.3, 0.4) is 0 Å². The Kier molecular flexibility index (Phi) is 4.80. The van der Waals surface area contributed by atoms with Gasteiger partial charge >= 0.3 is 0 Å². The fraction of sp³-hybridized carbons (Fsp3) is 0.750. The summed E-state index contributed by atoms with van der Waals surface area (Å²) in [6.07, 6.45) is 0.190. The highest BCUT2D eigenvalue weighted by Gasteiger charge is 2.16. The van der Waals surface area contributed by atoms with Gasteiger partial charge in [-0.05, 0) is 19.4 Å². The van der Waals surface area contributed by atoms with Gasteiger partial charge in [0.15, 0.2) is 0 Å². The number of nitrogens with zero attached hydrogens (tertiary/aromatic N) is 2. The van der Waals surface area contributed by atoms with Crippen molar-refractivity contribution in [3.05, 3.63) is 11.8 Å². The Morgan fingerprint density at radius 3 is 2.62 bits per heavy atom. The molecule has 92 valence electrons. The molecule has 1 atom stereocenters. The van der Waals surface area contributed by atoms with E-state index in [0.717, 1.165) is 24.7 Å². The van der Waals surface area contributed by atoms with Crippen LogP contribution in [-0.4, -0.2) is 29.0 Å². The fourth-order valence-electron chi connectivity index (χ4n) is 1.55. The molecule has 4 heteroatoms. The Morgan fingerprint density at radius 1 is 1.50 bits per heavy atom. The van der Waals surface area contributed by atoms with Crippen LogP contribution in [0.2, 0.25) is 0 Å². The van der Waals surface area contributed by atoms with Crippen LogP contribution in [0, 0.1) is 12.8 Å². The average molecular weight is 225 g/mol. The topological polar surface area (TPSA) is 39.1 Å². The first kappa shape index (κ1) is 13.0. The van der Waals surface area contributed by atoms with E-state index in [1.807, 2.05) is 20.0 Å². The third-order valence-electron chi connectivity index (χ3n) is 2.57. The van der Waals surface area contributed by atoms with Crippen LogP contribution < -0.4 is 10.1 Å². The van der Waals surface area contributed by atoms with Crippen molar-refractivity contribution in [3.8, 4) is 5.88 Å². The summed E-state index contributed by atoms with van der Waals surface area (Å²) in [5, 5.41) is 7.60. The summed E-state index contributed by atoms with van der Waals surface area (Å²) in [6.45, 7) is 10.3. The van der Waals surface area contributed by atoms with Gasteiger partial charge in [-0.2, -0.15) is 5.10 Å². The van der Waals surface area contributed by atoms with Crippen molar-refractivity contribution >= 4 is 0 Å². The molecule has 1 heterocycles. The number of ether oxygens (including phenoxy) is 1. The maximum Gasteiger partial charge on any atom is 0.212 e. The van der Waals surface area contributed by atoms with Crippen LogP contribution in [0.4, 0.5) is 0 Å². The number of rotatable bonds is 6. The smallest absolute Gasteiger partial charge is 0.212 e. The second kappa shape index (κ2) is 5.89. The lowest BCUT2D eigenvalue weighted by molar-refractivity contribution is 0.137. The van der Waals surface area contributed by atoms with Crippen molar-refractivity contribution < 1.29 is 4.74 Å². The van der Waals surface area contributed by atoms with Gasteiger partial charge in [0, 0.05) is 19.7 Å². The van der Waals surface area contributed by atoms with Crippen LogP contribution in [0.5, 0.6) is 5.88 Å². The zero-order valence-electron chi connectivity index (χ0n) is 10.9. The molecule has 1 aromatic rings. The Morgan fingerprint density at radius 2 is 2.19 bits per heavy atom. The number of likely N-dealkylation sites (N-methyl/N-ethyl adjacent to an activating group) is 1. The van der Waals surface area contributed by atoms with E-state index in [0.29, 0.717) is 5.92 Å². The molecule has 0 amide bonds. The molecule has 1 N–H and O–H groups in total. The minimum absolute atomic E-state index is 0.190. The highest BCUT2D eigenvalue weighted by molar-refractivity contribution is 5.14. The normalized spacial score (nSPS) is 13.1. The molecule has 4 nitrogen and oxygen atoms in total. The van der Waals surface area contributed by atoms with Gasteiger partial charge in [-0.25, -0.2) is 4.68 Å². The van der Waals surface area contributed by atoms with Gasteiger partial charge in [-0.1, -0.05) is 20.8 Å². The lowest BCUT2D eigenvalue weighted by Gasteiger charge is -2.22. The Bertz CT molecular complexity index is 320. The highest BCUT2D eigenvalue weighted by Crippen LogP contribution is 2.16. The second-order valence-electron chi connectivity index (χ2n) is 4.46. The Labute approximate surface area is 98.0 Å². The van der Waals surface area contributed by atoms with Gasteiger partial charge < -0.3 is 10.1 Å². The molecular formula is C12H23N3O. The molecule has 0 bridgehead atoms. The van der Waals surface area contributed by atoms with E-state index in [-0.39, 0.29) is 6.10 Å². The first-order valence-corrected chi connectivity index (χ1v) is 5.92. The molecule has 0 saturated heterocycles. The number of nitrogens with one attached hydrogen (secondary N) is 1. The third-order valence-corrected chi connectivity index (χ3v) is 2.57. The molecule has 0 aliphatic carbocycles. The minimum atomic E-state index is 0.190. The number of hydrogen-bond acceptors (Lipinski definition) is 3. The molecule has 0 fully saturated rings. The monoisotopic (exact) mass is 225 g/mol. The average Bonchev–Trinajstić information content (AvgIpc) is 2.51. The van der Waals surface area contributed by atoms with Gasteiger partial charge in [0.2, 0.25) is 5.88 Å². The van der Waals surface area contributed by atoms with Gasteiger partial charge in [0.25, 0.3) is 0 Å². The van der Waals surface area contributed by atoms with E-state index in [1.165, 1.54) is 0 Å². The van der Waals surface area contributed by atoms with Crippen LogP contribution in [0.1, 0.15) is 26.5 Å². The van der Waals surface area contributed by atoms with Gasteiger partial charge in [0.1, 0.15) is 6.10 Å². The number of hydrogen-bond donors (Lipinski definition) is 1. The molecule has 0 aliphatic rings. The maximum absolute atomic E-state index is 5.97. The molecule has 1 aromatic heterocycles.